The van der Waals surface area contributed by atoms with Gasteiger partial charge in [0.1, 0.15) is 5.82 Å². The SMILES string of the molecule is CC[C@@H](c1ccc(F)cc1)N(C)C(=O)c1ccc(N2CCOCC2)cc1. The highest BCUT2D eigenvalue weighted by Gasteiger charge is 2.21. The molecule has 0 radical (unpaired) electrons. The van der Waals surface area contributed by atoms with Crippen molar-refractivity contribution in [3.8, 4) is 0 Å². The molecule has 0 aliphatic carbocycles. The summed E-state index contributed by atoms with van der Waals surface area (Å²) in [6, 6.07) is 14.0. The highest BCUT2D eigenvalue weighted by molar-refractivity contribution is 5.94. The van der Waals surface area contributed by atoms with Crippen molar-refractivity contribution >= 4 is 11.6 Å². The van der Waals surface area contributed by atoms with Crippen molar-refractivity contribution in [3.63, 3.8) is 0 Å². The molecule has 1 aliphatic rings. The van der Waals surface area contributed by atoms with E-state index in [1.165, 1.54) is 12.1 Å². The van der Waals surface area contributed by atoms with Gasteiger partial charge in [0.15, 0.2) is 0 Å². The number of halogens is 1. The number of anilines is 1. The Bertz CT molecular complexity index is 725. The summed E-state index contributed by atoms with van der Waals surface area (Å²) in [5, 5.41) is 0. The average Bonchev–Trinajstić information content (AvgIpc) is 2.70. The van der Waals surface area contributed by atoms with E-state index in [1.54, 1.807) is 24.1 Å². The van der Waals surface area contributed by atoms with Crippen LogP contribution in [0.3, 0.4) is 0 Å². The molecule has 0 aromatic heterocycles. The third-order valence-corrected chi connectivity index (χ3v) is 4.92. The van der Waals surface area contributed by atoms with Crippen LogP contribution in [-0.4, -0.2) is 44.2 Å². The number of carbonyl (C=O) groups is 1. The van der Waals surface area contributed by atoms with Gasteiger partial charge >= 0.3 is 0 Å². The van der Waals surface area contributed by atoms with Crippen molar-refractivity contribution in [2.45, 2.75) is 19.4 Å². The average molecular weight is 356 g/mol. The maximum absolute atomic E-state index is 13.2. The van der Waals surface area contributed by atoms with Crippen molar-refractivity contribution in [1.29, 1.82) is 0 Å². The van der Waals surface area contributed by atoms with Gasteiger partial charge in [0.2, 0.25) is 0 Å². The fraction of sp³-hybridized carbons (Fsp3) is 0.381. The van der Waals surface area contributed by atoms with Gasteiger partial charge in [-0.15, -0.1) is 0 Å². The number of nitrogens with zero attached hydrogens (tertiary/aromatic N) is 2. The molecular weight excluding hydrogens is 331 g/mol. The molecule has 0 saturated carbocycles. The van der Waals surface area contributed by atoms with Crippen LogP contribution in [0.15, 0.2) is 48.5 Å². The second-order valence-electron chi connectivity index (χ2n) is 6.54. The van der Waals surface area contributed by atoms with E-state index in [1.807, 2.05) is 31.2 Å². The Balaban J connectivity index is 1.73. The molecule has 1 heterocycles. The monoisotopic (exact) mass is 356 g/mol. The lowest BCUT2D eigenvalue weighted by Crippen LogP contribution is -2.36. The minimum Gasteiger partial charge on any atom is -0.378 e. The van der Waals surface area contributed by atoms with Gasteiger partial charge in [0, 0.05) is 31.4 Å². The Morgan fingerprint density at radius 3 is 2.31 bits per heavy atom. The van der Waals surface area contributed by atoms with Crippen LogP contribution in [0.4, 0.5) is 10.1 Å². The zero-order chi connectivity index (χ0) is 18.5. The number of benzene rings is 2. The molecule has 4 nitrogen and oxygen atoms in total. The van der Waals surface area contributed by atoms with Crippen molar-refractivity contribution in [2.75, 3.05) is 38.3 Å². The normalized spacial score (nSPS) is 15.6. The van der Waals surface area contributed by atoms with E-state index in [-0.39, 0.29) is 17.8 Å². The predicted octanol–water partition coefficient (Wildman–Crippen LogP) is 3.89. The van der Waals surface area contributed by atoms with Crippen LogP contribution in [0.5, 0.6) is 0 Å². The second-order valence-corrected chi connectivity index (χ2v) is 6.54. The third-order valence-electron chi connectivity index (χ3n) is 4.92. The summed E-state index contributed by atoms with van der Waals surface area (Å²) < 4.78 is 18.6. The first kappa shape index (κ1) is 18.4. The summed E-state index contributed by atoms with van der Waals surface area (Å²) in [5.74, 6) is -0.300. The van der Waals surface area contributed by atoms with E-state index in [0.29, 0.717) is 5.56 Å². The lowest BCUT2D eigenvalue weighted by atomic mass is 10.0. The number of amides is 1. The predicted molar refractivity (Wildman–Crippen MR) is 101 cm³/mol. The fourth-order valence-corrected chi connectivity index (χ4v) is 3.40. The number of rotatable bonds is 5. The zero-order valence-corrected chi connectivity index (χ0v) is 15.3. The minimum absolute atomic E-state index is 0.0327. The van der Waals surface area contributed by atoms with Gasteiger partial charge < -0.3 is 14.5 Å². The van der Waals surface area contributed by atoms with E-state index in [9.17, 15) is 9.18 Å². The van der Waals surface area contributed by atoms with E-state index in [4.69, 9.17) is 4.74 Å². The van der Waals surface area contributed by atoms with Crippen LogP contribution < -0.4 is 4.90 Å². The summed E-state index contributed by atoms with van der Waals surface area (Å²) in [4.78, 5) is 16.9. The Kier molecular flexibility index (Phi) is 5.89. The van der Waals surface area contributed by atoms with Crippen LogP contribution in [0.25, 0.3) is 0 Å². The van der Waals surface area contributed by atoms with Gasteiger partial charge in [0.25, 0.3) is 5.91 Å². The van der Waals surface area contributed by atoms with Gasteiger partial charge in [-0.3, -0.25) is 4.79 Å². The van der Waals surface area contributed by atoms with Gasteiger partial charge in [0.05, 0.1) is 19.3 Å². The largest absolute Gasteiger partial charge is 0.378 e. The molecule has 1 saturated heterocycles. The second kappa shape index (κ2) is 8.32. The Hall–Kier alpha value is -2.40. The molecule has 1 atom stereocenters. The fourth-order valence-electron chi connectivity index (χ4n) is 3.40. The molecular formula is C21H25FN2O2. The lowest BCUT2D eigenvalue weighted by Gasteiger charge is -2.30. The van der Waals surface area contributed by atoms with Crippen LogP contribution >= 0.6 is 0 Å². The van der Waals surface area contributed by atoms with E-state index in [2.05, 4.69) is 4.90 Å². The van der Waals surface area contributed by atoms with Crippen molar-refractivity contribution < 1.29 is 13.9 Å². The smallest absolute Gasteiger partial charge is 0.254 e. The van der Waals surface area contributed by atoms with Gasteiger partial charge in [-0.1, -0.05) is 19.1 Å². The molecule has 0 bridgehead atoms. The molecule has 2 aromatic carbocycles. The number of carbonyl (C=O) groups excluding carboxylic acids is 1. The number of ether oxygens (including phenoxy) is 1. The van der Waals surface area contributed by atoms with Crippen molar-refractivity contribution in [2.24, 2.45) is 0 Å². The number of hydrogen-bond acceptors (Lipinski definition) is 3. The molecule has 1 aliphatic heterocycles. The lowest BCUT2D eigenvalue weighted by molar-refractivity contribution is 0.0726. The molecule has 1 amide bonds. The van der Waals surface area contributed by atoms with Crippen molar-refractivity contribution in [1.82, 2.24) is 4.90 Å². The minimum atomic E-state index is -0.267. The molecule has 1 fully saturated rings. The number of hydrogen-bond donors (Lipinski definition) is 0. The van der Waals surface area contributed by atoms with E-state index < -0.39 is 0 Å². The Labute approximate surface area is 154 Å². The molecule has 2 aromatic rings. The molecule has 138 valence electrons. The summed E-state index contributed by atoms with van der Waals surface area (Å²) >= 11 is 0. The Morgan fingerprint density at radius 1 is 1.12 bits per heavy atom. The summed E-state index contributed by atoms with van der Waals surface area (Å²) in [5.41, 5.74) is 2.71. The summed E-state index contributed by atoms with van der Waals surface area (Å²) in [7, 11) is 1.80. The molecule has 0 spiro atoms. The standard InChI is InChI=1S/C21H25FN2O2/c1-3-20(16-4-8-18(22)9-5-16)23(2)21(25)17-6-10-19(11-7-17)24-12-14-26-15-13-24/h4-11,20H,3,12-15H2,1-2H3/t20-/m0/s1. The highest BCUT2D eigenvalue weighted by atomic mass is 19.1. The summed E-state index contributed by atoms with van der Waals surface area (Å²) in [6.07, 6.45) is 0.764. The quantitative estimate of drug-likeness (QED) is 0.815. The van der Waals surface area contributed by atoms with Crippen LogP contribution in [0.2, 0.25) is 0 Å². The first-order chi connectivity index (χ1) is 12.6. The molecule has 26 heavy (non-hydrogen) atoms. The van der Waals surface area contributed by atoms with Gasteiger partial charge in [-0.2, -0.15) is 0 Å². The number of morpholine rings is 1. The Morgan fingerprint density at radius 2 is 1.73 bits per heavy atom. The first-order valence-electron chi connectivity index (χ1n) is 9.05. The zero-order valence-electron chi connectivity index (χ0n) is 15.3. The summed E-state index contributed by atoms with van der Waals surface area (Å²) in [6.45, 7) is 5.24. The van der Waals surface area contributed by atoms with Gasteiger partial charge in [-0.05, 0) is 48.4 Å². The van der Waals surface area contributed by atoms with Crippen LogP contribution in [0.1, 0.15) is 35.3 Å². The first-order valence-corrected chi connectivity index (χ1v) is 9.05. The maximum atomic E-state index is 13.2. The molecule has 0 N–H and O–H groups in total. The van der Waals surface area contributed by atoms with Crippen LogP contribution in [0, 0.1) is 5.82 Å². The molecule has 3 rings (SSSR count). The molecule has 0 unspecified atom stereocenters. The van der Waals surface area contributed by atoms with Gasteiger partial charge in [-0.25, -0.2) is 4.39 Å². The van der Waals surface area contributed by atoms with Crippen LogP contribution in [-0.2, 0) is 4.74 Å². The van der Waals surface area contributed by atoms with E-state index in [0.717, 1.165) is 44.0 Å². The molecule has 5 heteroatoms. The van der Waals surface area contributed by atoms with E-state index >= 15 is 0 Å². The third kappa shape index (κ3) is 4.05. The van der Waals surface area contributed by atoms with Crippen molar-refractivity contribution in [3.05, 3.63) is 65.5 Å². The maximum Gasteiger partial charge on any atom is 0.254 e. The topological polar surface area (TPSA) is 32.8 Å². The highest BCUT2D eigenvalue weighted by Crippen LogP contribution is 2.25.